The summed E-state index contributed by atoms with van der Waals surface area (Å²) < 4.78 is 13.2. The molecule has 0 unspecified atom stereocenters. The van der Waals surface area contributed by atoms with Crippen LogP contribution in [0.15, 0.2) is 41.2 Å². The van der Waals surface area contributed by atoms with Gasteiger partial charge in [-0.15, -0.1) is 6.58 Å². The third-order valence-corrected chi connectivity index (χ3v) is 5.85. The van der Waals surface area contributed by atoms with E-state index in [0.29, 0.717) is 17.4 Å². The topological polar surface area (TPSA) is 100 Å². The van der Waals surface area contributed by atoms with Crippen molar-refractivity contribution in [2.24, 2.45) is 0 Å². The summed E-state index contributed by atoms with van der Waals surface area (Å²) in [5.74, 6) is 1.89. The fourth-order valence-electron chi connectivity index (χ4n) is 3.32. The predicted octanol–water partition coefficient (Wildman–Crippen LogP) is 3.41. The van der Waals surface area contributed by atoms with Gasteiger partial charge in [-0.05, 0) is 37.1 Å². The van der Waals surface area contributed by atoms with Crippen molar-refractivity contribution in [3.63, 3.8) is 0 Å². The van der Waals surface area contributed by atoms with Crippen molar-refractivity contribution >= 4 is 28.7 Å². The van der Waals surface area contributed by atoms with Crippen LogP contribution in [0.3, 0.4) is 0 Å². The molecule has 0 aliphatic carbocycles. The Hall–Kier alpha value is -2.78. The second kappa shape index (κ2) is 8.93. The van der Waals surface area contributed by atoms with Gasteiger partial charge < -0.3 is 25.1 Å². The van der Waals surface area contributed by atoms with Crippen LogP contribution in [0.1, 0.15) is 25.8 Å². The Morgan fingerprint density at radius 3 is 2.87 bits per heavy atom. The zero-order chi connectivity index (χ0) is 21.1. The molecule has 4 rings (SSSR count). The molecule has 0 atom stereocenters. The van der Waals surface area contributed by atoms with Crippen LogP contribution in [-0.2, 0) is 13.0 Å². The first-order chi connectivity index (χ1) is 14.6. The van der Waals surface area contributed by atoms with Gasteiger partial charge in [-0.25, -0.2) is 15.0 Å². The molecule has 3 heterocycles. The van der Waals surface area contributed by atoms with E-state index >= 15 is 0 Å². The fourth-order valence-corrected chi connectivity index (χ4v) is 4.38. The van der Waals surface area contributed by atoms with Gasteiger partial charge in [0, 0.05) is 17.5 Å². The van der Waals surface area contributed by atoms with E-state index in [1.807, 2.05) is 18.2 Å². The number of benzene rings is 1. The molecular formula is C21H26N6O2S. The van der Waals surface area contributed by atoms with Crippen molar-refractivity contribution in [1.82, 2.24) is 24.8 Å². The monoisotopic (exact) mass is 426 g/mol. The van der Waals surface area contributed by atoms with Crippen LogP contribution in [0, 0.1) is 0 Å². The number of allylic oxidation sites excluding steroid dienone is 1. The molecule has 1 aromatic carbocycles. The van der Waals surface area contributed by atoms with E-state index < -0.39 is 0 Å². The molecule has 0 saturated carbocycles. The molecule has 0 saturated heterocycles. The van der Waals surface area contributed by atoms with E-state index in [9.17, 15) is 0 Å². The van der Waals surface area contributed by atoms with Gasteiger partial charge in [0.25, 0.3) is 0 Å². The van der Waals surface area contributed by atoms with Crippen molar-refractivity contribution in [3.05, 3.63) is 36.7 Å². The summed E-state index contributed by atoms with van der Waals surface area (Å²) in [6.45, 7) is 10.1. The SMILES string of the molecule is C=CCc1cc2c(cc1Sc1nc3c(N)ncnc3n1CCCNC(C)C)OCO2. The van der Waals surface area contributed by atoms with E-state index in [4.69, 9.17) is 20.2 Å². The average Bonchev–Trinajstić information content (AvgIpc) is 3.30. The summed E-state index contributed by atoms with van der Waals surface area (Å²) in [6, 6.07) is 4.47. The smallest absolute Gasteiger partial charge is 0.231 e. The van der Waals surface area contributed by atoms with Gasteiger partial charge in [-0.1, -0.05) is 31.7 Å². The van der Waals surface area contributed by atoms with Gasteiger partial charge in [0.2, 0.25) is 6.79 Å². The van der Waals surface area contributed by atoms with Gasteiger partial charge in [0.1, 0.15) is 6.33 Å². The molecule has 1 aliphatic heterocycles. The van der Waals surface area contributed by atoms with Crippen LogP contribution in [0.5, 0.6) is 11.5 Å². The Labute approximate surface area is 179 Å². The van der Waals surface area contributed by atoms with Crippen molar-refractivity contribution < 1.29 is 9.47 Å². The number of rotatable bonds is 9. The van der Waals surface area contributed by atoms with Gasteiger partial charge >= 0.3 is 0 Å². The van der Waals surface area contributed by atoms with Crippen LogP contribution >= 0.6 is 11.8 Å². The second-order valence-electron chi connectivity index (χ2n) is 7.35. The molecule has 3 aromatic rings. The van der Waals surface area contributed by atoms with Gasteiger partial charge in [-0.3, -0.25) is 0 Å². The summed E-state index contributed by atoms with van der Waals surface area (Å²) in [4.78, 5) is 14.4. The lowest BCUT2D eigenvalue weighted by Gasteiger charge is -2.12. The van der Waals surface area contributed by atoms with Crippen molar-refractivity contribution in [2.45, 2.75) is 49.3 Å². The molecule has 0 amide bonds. The molecule has 0 bridgehead atoms. The molecular weight excluding hydrogens is 400 g/mol. The number of hydrogen-bond donors (Lipinski definition) is 2. The summed E-state index contributed by atoms with van der Waals surface area (Å²) in [6.07, 6.45) is 5.03. The number of nitrogen functional groups attached to an aromatic ring is 1. The molecule has 158 valence electrons. The number of nitrogens with zero attached hydrogens (tertiary/aromatic N) is 4. The summed E-state index contributed by atoms with van der Waals surface area (Å²) in [5, 5.41) is 4.28. The number of nitrogens with two attached hydrogens (primary N) is 1. The van der Waals surface area contributed by atoms with E-state index in [0.717, 1.165) is 58.7 Å². The molecule has 0 fully saturated rings. The number of imidazole rings is 1. The third-order valence-electron chi connectivity index (χ3n) is 4.76. The third kappa shape index (κ3) is 4.22. The average molecular weight is 427 g/mol. The molecule has 0 spiro atoms. The molecule has 9 heteroatoms. The molecule has 2 aromatic heterocycles. The number of aryl methyl sites for hydroxylation is 1. The second-order valence-corrected chi connectivity index (χ2v) is 8.36. The van der Waals surface area contributed by atoms with Crippen LogP contribution in [0.25, 0.3) is 11.2 Å². The zero-order valence-corrected chi connectivity index (χ0v) is 18.0. The van der Waals surface area contributed by atoms with Gasteiger partial charge in [-0.2, -0.15) is 0 Å². The zero-order valence-electron chi connectivity index (χ0n) is 17.2. The van der Waals surface area contributed by atoms with Gasteiger partial charge in [0.15, 0.2) is 33.6 Å². The number of ether oxygens (including phenoxy) is 2. The van der Waals surface area contributed by atoms with Crippen molar-refractivity contribution in [1.29, 1.82) is 0 Å². The van der Waals surface area contributed by atoms with E-state index in [-0.39, 0.29) is 6.79 Å². The van der Waals surface area contributed by atoms with Crippen molar-refractivity contribution in [2.75, 3.05) is 19.1 Å². The largest absolute Gasteiger partial charge is 0.454 e. The van der Waals surface area contributed by atoms with E-state index in [1.165, 1.54) is 6.33 Å². The lowest BCUT2D eigenvalue weighted by atomic mass is 10.1. The Kier molecular flexibility index (Phi) is 6.10. The Morgan fingerprint density at radius 1 is 1.30 bits per heavy atom. The number of fused-ring (bicyclic) bond motifs is 2. The van der Waals surface area contributed by atoms with Crippen molar-refractivity contribution in [3.8, 4) is 11.5 Å². The maximum Gasteiger partial charge on any atom is 0.231 e. The predicted molar refractivity (Wildman–Crippen MR) is 118 cm³/mol. The number of anilines is 1. The van der Waals surface area contributed by atoms with Gasteiger partial charge in [0.05, 0.1) is 0 Å². The highest BCUT2D eigenvalue weighted by molar-refractivity contribution is 7.99. The molecule has 1 aliphatic rings. The minimum atomic E-state index is 0.241. The minimum Gasteiger partial charge on any atom is -0.454 e. The summed E-state index contributed by atoms with van der Waals surface area (Å²) >= 11 is 1.57. The highest BCUT2D eigenvalue weighted by Crippen LogP contribution is 2.41. The van der Waals surface area contributed by atoms with Crippen LogP contribution in [0.4, 0.5) is 5.82 Å². The molecule has 30 heavy (non-hydrogen) atoms. The highest BCUT2D eigenvalue weighted by atomic mass is 32.2. The maximum atomic E-state index is 6.08. The normalized spacial score (nSPS) is 12.8. The summed E-state index contributed by atoms with van der Waals surface area (Å²) in [7, 11) is 0. The Morgan fingerprint density at radius 2 is 2.10 bits per heavy atom. The van der Waals surface area contributed by atoms with Crippen LogP contribution < -0.4 is 20.5 Å². The first-order valence-electron chi connectivity index (χ1n) is 9.98. The lowest BCUT2D eigenvalue weighted by Crippen LogP contribution is -2.24. The number of aromatic nitrogens is 4. The summed E-state index contributed by atoms with van der Waals surface area (Å²) in [5.41, 5.74) is 8.57. The highest BCUT2D eigenvalue weighted by Gasteiger charge is 2.21. The van der Waals surface area contributed by atoms with Crippen LogP contribution in [-0.4, -0.2) is 38.9 Å². The van der Waals surface area contributed by atoms with E-state index in [1.54, 1.807) is 11.8 Å². The molecule has 0 radical (unpaired) electrons. The molecule has 3 N–H and O–H groups in total. The quantitative estimate of drug-likeness (QED) is 0.397. The molecule has 8 nitrogen and oxygen atoms in total. The maximum absolute atomic E-state index is 6.08. The van der Waals surface area contributed by atoms with E-state index in [2.05, 4.69) is 40.3 Å². The Balaban J connectivity index is 1.69. The minimum absolute atomic E-state index is 0.241. The number of nitrogens with one attached hydrogen (secondary N) is 1. The Bertz CT molecular complexity index is 1070. The first-order valence-corrected chi connectivity index (χ1v) is 10.8. The standard InChI is InChI=1S/C21H26N6O2S/c1-4-6-14-9-15-16(29-12-28-15)10-17(14)30-21-26-18-19(22)24-11-25-20(18)27(21)8-5-7-23-13(2)3/h4,9-11,13,23H,1,5-8,12H2,2-3H3,(H2,22,24,25). The first kappa shape index (κ1) is 20.5. The lowest BCUT2D eigenvalue weighted by molar-refractivity contribution is 0.174. The van der Waals surface area contributed by atoms with Crippen LogP contribution in [0.2, 0.25) is 0 Å². The fraction of sp³-hybridized carbons (Fsp3) is 0.381. The number of hydrogen-bond acceptors (Lipinski definition) is 8.